The van der Waals surface area contributed by atoms with Crippen molar-refractivity contribution in [2.75, 3.05) is 40.3 Å². The highest BCUT2D eigenvalue weighted by Crippen LogP contribution is 2.45. The number of ether oxygens (including phenoxy) is 1. The van der Waals surface area contributed by atoms with Crippen LogP contribution in [0.15, 0.2) is 48.3 Å². The van der Waals surface area contributed by atoms with Crippen molar-refractivity contribution in [3.05, 3.63) is 59.7 Å². The lowest BCUT2D eigenvalue weighted by Gasteiger charge is -2.36. The number of rotatable bonds is 3. The fraction of sp³-hybridized carbons (Fsp3) is 0.409. The molecule has 0 spiro atoms. The maximum absolute atomic E-state index is 14.1. The van der Waals surface area contributed by atoms with E-state index in [1.807, 2.05) is 17.2 Å². The molecule has 0 aliphatic carbocycles. The largest absolute Gasteiger partial charge is 0.494 e. The van der Waals surface area contributed by atoms with E-state index in [4.69, 9.17) is 4.74 Å². The highest BCUT2D eigenvalue weighted by Gasteiger charge is 2.40. The first-order valence-electron chi connectivity index (χ1n) is 10.00. The maximum Gasteiger partial charge on any atom is 0.252 e. The van der Waals surface area contributed by atoms with Gasteiger partial charge in [-0.15, -0.1) is 0 Å². The molecule has 5 nitrogen and oxygen atoms in total. The van der Waals surface area contributed by atoms with Crippen LogP contribution < -0.4 is 4.74 Å². The normalized spacial score (nSPS) is 29.8. The number of nitrogens with zero attached hydrogens (tertiary/aromatic N) is 3. The van der Waals surface area contributed by atoms with Gasteiger partial charge >= 0.3 is 0 Å². The quantitative estimate of drug-likeness (QED) is 0.714. The Morgan fingerprint density at radius 1 is 1.17 bits per heavy atom. The van der Waals surface area contributed by atoms with Crippen molar-refractivity contribution in [1.29, 1.82) is 0 Å². The van der Waals surface area contributed by atoms with Crippen molar-refractivity contribution in [2.45, 2.75) is 5.78 Å². The number of carbonyl (C=O) groups is 1. The van der Waals surface area contributed by atoms with Crippen LogP contribution in [0.5, 0.6) is 5.75 Å². The van der Waals surface area contributed by atoms with Gasteiger partial charge in [0.1, 0.15) is 0 Å². The van der Waals surface area contributed by atoms with Crippen molar-refractivity contribution in [2.24, 2.45) is 11.8 Å². The second-order valence-electron chi connectivity index (χ2n) is 8.30. The van der Waals surface area contributed by atoms with Crippen LogP contribution in [0, 0.1) is 17.7 Å². The van der Waals surface area contributed by atoms with Gasteiger partial charge in [0, 0.05) is 38.5 Å². The highest BCUT2D eigenvalue weighted by molar-refractivity contribution is 7.51. The highest BCUT2D eigenvalue weighted by atomic mass is 31.1. The molecule has 4 aliphatic heterocycles. The smallest absolute Gasteiger partial charge is 0.252 e. The molecule has 29 heavy (non-hydrogen) atoms. The number of fused-ring (bicyclic) bond motifs is 2. The first kappa shape index (κ1) is 18.8. The average Bonchev–Trinajstić information content (AvgIpc) is 3.25. The van der Waals surface area contributed by atoms with E-state index < -0.39 is 5.82 Å². The van der Waals surface area contributed by atoms with Gasteiger partial charge in [-0.2, -0.15) is 0 Å². The summed E-state index contributed by atoms with van der Waals surface area (Å²) in [6, 6.07) is 4.88. The fourth-order valence-corrected chi connectivity index (χ4v) is 6.27. The zero-order chi connectivity index (χ0) is 20.1. The summed E-state index contributed by atoms with van der Waals surface area (Å²) in [6.07, 6.45) is 7.94. The van der Waals surface area contributed by atoms with Gasteiger partial charge in [0.25, 0.3) is 5.91 Å². The van der Waals surface area contributed by atoms with Crippen LogP contribution in [0.2, 0.25) is 0 Å². The van der Waals surface area contributed by atoms with E-state index in [-0.39, 0.29) is 17.4 Å². The molecule has 1 aromatic carbocycles. The van der Waals surface area contributed by atoms with Crippen molar-refractivity contribution in [3.63, 3.8) is 0 Å². The number of likely N-dealkylation sites (tertiary alicyclic amines) is 2. The number of benzene rings is 1. The van der Waals surface area contributed by atoms with Crippen LogP contribution in [0.25, 0.3) is 5.31 Å². The van der Waals surface area contributed by atoms with Crippen LogP contribution in [0.1, 0.15) is 5.56 Å². The van der Waals surface area contributed by atoms with Gasteiger partial charge in [-0.1, -0.05) is 20.7 Å². The molecule has 0 radical (unpaired) electrons. The molecule has 4 aliphatic rings. The summed E-state index contributed by atoms with van der Waals surface area (Å²) < 4.78 is 19.1. The van der Waals surface area contributed by atoms with Crippen LogP contribution in [-0.4, -0.2) is 66.7 Å². The van der Waals surface area contributed by atoms with E-state index in [9.17, 15) is 9.18 Å². The SMILES string of the molecule is COc1ccc(C2=CC(=O)N3C=C(N4CC5CN(C)C[C@@H]5C4)C=CC3P2)cc1F. The van der Waals surface area contributed by atoms with Gasteiger partial charge in [-0.05, 0) is 48.0 Å². The molecule has 152 valence electrons. The lowest BCUT2D eigenvalue weighted by molar-refractivity contribution is -0.123. The molecule has 0 N–H and O–H groups in total. The molecule has 2 fully saturated rings. The van der Waals surface area contributed by atoms with Gasteiger partial charge in [0.2, 0.25) is 0 Å². The minimum absolute atomic E-state index is 0.00430. The molecule has 4 heterocycles. The number of halogens is 1. The molecule has 5 rings (SSSR count). The second-order valence-corrected chi connectivity index (χ2v) is 9.72. The maximum atomic E-state index is 14.1. The zero-order valence-corrected chi connectivity index (χ0v) is 17.6. The van der Waals surface area contributed by atoms with E-state index >= 15 is 0 Å². The minimum Gasteiger partial charge on any atom is -0.494 e. The molecule has 3 unspecified atom stereocenters. The Bertz CT molecular complexity index is 930. The van der Waals surface area contributed by atoms with Crippen molar-refractivity contribution in [1.82, 2.24) is 14.7 Å². The number of amides is 1. The predicted molar refractivity (Wildman–Crippen MR) is 113 cm³/mol. The third kappa shape index (κ3) is 3.38. The number of hydrogen-bond acceptors (Lipinski definition) is 4. The van der Waals surface area contributed by atoms with Crippen molar-refractivity contribution in [3.8, 4) is 5.75 Å². The Kier molecular flexibility index (Phi) is 4.72. The van der Waals surface area contributed by atoms with Crippen molar-refractivity contribution >= 4 is 19.8 Å². The molecule has 1 amide bonds. The molecule has 1 aromatic rings. The Morgan fingerprint density at radius 3 is 2.62 bits per heavy atom. The third-order valence-electron chi connectivity index (χ3n) is 6.34. The Hall–Kier alpha value is -2.17. The van der Waals surface area contributed by atoms with E-state index in [1.54, 1.807) is 12.1 Å². The summed E-state index contributed by atoms with van der Waals surface area (Å²) in [5, 5.41) is 0.887. The lowest BCUT2D eigenvalue weighted by Crippen LogP contribution is -2.37. The molecular weight excluding hydrogens is 388 g/mol. The van der Waals surface area contributed by atoms with Crippen LogP contribution >= 0.6 is 8.58 Å². The Labute approximate surface area is 172 Å². The lowest BCUT2D eigenvalue weighted by atomic mass is 10.0. The number of carbonyl (C=O) groups excluding carboxylic acids is 1. The predicted octanol–water partition coefficient (Wildman–Crippen LogP) is 2.93. The second kappa shape index (κ2) is 7.26. The average molecular weight is 413 g/mol. The molecule has 2 saturated heterocycles. The molecule has 0 saturated carbocycles. The van der Waals surface area contributed by atoms with Gasteiger partial charge in [-0.25, -0.2) is 4.39 Å². The van der Waals surface area contributed by atoms with Gasteiger partial charge in [-0.3, -0.25) is 4.79 Å². The summed E-state index contributed by atoms with van der Waals surface area (Å²) in [4.78, 5) is 19.5. The fourth-order valence-electron chi connectivity index (χ4n) is 4.89. The summed E-state index contributed by atoms with van der Waals surface area (Å²) >= 11 is 0. The van der Waals surface area contributed by atoms with Crippen molar-refractivity contribution < 1.29 is 13.9 Å². The molecule has 0 aromatic heterocycles. The van der Waals surface area contributed by atoms with E-state index in [2.05, 4.69) is 29.0 Å². The monoisotopic (exact) mass is 413 g/mol. The summed E-state index contributed by atoms with van der Waals surface area (Å²) in [5.41, 5.74) is 1.87. The first-order chi connectivity index (χ1) is 14.0. The minimum atomic E-state index is -0.405. The molecule has 7 heteroatoms. The number of allylic oxidation sites excluding steroid dienone is 1. The van der Waals surface area contributed by atoms with E-state index in [0.29, 0.717) is 8.58 Å². The van der Waals surface area contributed by atoms with E-state index in [0.717, 1.165) is 54.6 Å². The van der Waals surface area contributed by atoms with Gasteiger partial charge in [0.15, 0.2) is 11.6 Å². The molecule has 0 bridgehead atoms. The van der Waals surface area contributed by atoms with Crippen LogP contribution in [0.3, 0.4) is 0 Å². The Balaban J connectivity index is 1.34. The zero-order valence-electron chi connectivity index (χ0n) is 16.6. The number of hydrogen-bond donors (Lipinski definition) is 0. The number of methoxy groups -OCH3 is 1. The van der Waals surface area contributed by atoms with E-state index in [1.165, 1.54) is 13.2 Å². The molecular formula is C22H25FN3O2P. The standard InChI is InChI=1S/C22H25FN3O2P/c1-24-9-15-11-25(12-16(15)10-24)17-4-6-22-26(13-17)21(27)8-20(29-22)14-3-5-19(28-2)18(23)7-14/h3-8,13,15-16,22,29H,9-12H2,1-2H3/t15-,16?,22?/m1/s1. The summed E-state index contributed by atoms with van der Waals surface area (Å²) in [6.45, 7) is 4.45. The van der Waals surface area contributed by atoms with Gasteiger partial charge < -0.3 is 19.4 Å². The summed E-state index contributed by atoms with van der Waals surface area (Å²) in [7, 11) is 4.02. The summed E-state index contributed by atoms with van der Waals surface area (Å²) in [5.74, 6) is 1.22. The van der Waals surface area contributed by atoms with Gasteiger partial charge in [0.05, 0.1) is 18.6 Å². The van der Waals surface area contributed by atoms with Crippen LogP contribution in [-0.2, 0) is 4.79 Å². The Morgan fingerprint density at radius 2 is 1.93 bits per heavy atom. The molecule has 4 atom stereocenters. The third-order valence-corrected chi connectivity index (χ3v) is 7.85. The van der Waals surface area contributed by atoms with Crippen LogP contribution in [0.4, 0.5) is 4.39 Å². The first-order valence-corrected chi connectivity index (χ1v) is 11.1. The topological polar surface area (TPSA) is 36.0 Å².